The standard InChI is InChI=1S/C31H34N4O/c1-22-11-12-28-26(20-22)27-21-33(18-15-29(27)34(28)19-13-24-8-4-3-5-9-24)17-14-25-23(2)32-30-10-6-7-16-35(30)31(25)36/h3-5,8-9,11-13,19-20H,6-7,10,14-18,21H2,1-2H3/b19-13+. The van der Waals surface area contributed by atoms with E-state index in [1.807, 2.05) is 11.5 Å². The molecule has 5 heteroatoms. The van der Waals surface area contributed by atoms with Crippen LogP contribution < -0.4 is 5.56 Å². The molecule has 5 nitrogen and oxygen atoms in total. The normalized spacial score (nSPS) is 15.9. The Morgan fingerprint density at radius 3 is 2.72 bits per heavy atom. The molecule has 36 heavy (non-hydrogen) atoms. The second-order valence-electron chi connectivity index (χ2n) is 10.3. The highest BCUT2D eigenvalue weighted by atomic mass is 16.1. The maximum atomic E-state index is 13.2. The number of hydrogen-bond donors (Lipinski definition) is 0. The van der Waals surface area contributed by atoms with Crippen LogP contribution in [-0.4, -0.2) is 32.1 Å². The lowest BCUT2D eigenvalue weighted by Gasteiger charge is -2.28. The molecule has 4 heterocycles. The van der Waals surface area contributed by atoms with E-state index < -0.39 is 0 Å². The molecule has 4 aromatic rings. The lowest BCUT2D eigenvalue weighted by molar-refractivity contribution is 0.256. The summed E-state index contributed by atoms with van der Waals surface area (Å²) in [4.78, 5) is 20.5. The smallest absolute Gasteiger partial charge is 0.256 e. The molecular weight excluding hydrogens is 444 g/mol. The van der Waals surface area contributed by atoms with E-state index in [1.165, 1.54) is 33.3 Å². The molecule has 0 N–H and O–H groups in total. The van der Waals surface area contributed by atoms with E-state index in [-0.39, 0.29) is 5.56 Å². The molecule has 0 unspecified atom stereocenters. The van der Waals surface area contributed by atoms with Crippen LogP contribution in [-0.2, 0) is 32.4 Å². The van der Waals surface area contributed by atoms with Crippen LogP contribution in [0, 0.1) is 13.8 Å². The molecule has 0 aliphatic carbocycles. The van der Waals surface area contributed by atoms with Crippen LogP contribution in [0.1, 0.15) is 52.3 Å². The van der Waals surface area contributed by atoms with Crippen molar-refractivity contribution in [3.8, 4) is 0 Å². The molecule has 184 valence electrons. The molecule has 2 aromatic heterocycles. The molecule has 2 aliphatic heterocycles. The second kappa shape index (κ2) is 9.55. The van der Waals surface area contributed by atoms with Gasteiger partial charge in [-0.3, -0.25) is 14.3 Å². The predicted molar refractivity (Wildman–Crippen MR) is 147 cm³/mol. The molecule has 6 rings (SSSR count). The first-order chi connectivity index (χ1) is 17.6. The van der Waals surface area contributed by atoms with E-state index in [0.29, 0.717) is 0 Å². The molecule has 2 aromatic carbocycles. The summed E-state index contributed by atoms with van der Waals surface area (Å²) in [6.45, 7) is 7.80. The largest absolute Gasteiger partial charge is 0.320 e. The zero-order valence-electron chi connectivity index (χ0n) is 21.3. The summed E-state index contributed by atoms with van der Waals surface area (Å²) < 4.78 is 4.31. The minimum absolute atomic E-state index is 0.188. The summed E-state index contributed by atoms with van der Waals surface area (Å²) in [5.41, 5.74) is 8.61. The molecule has 0 atom stereocenters. The van der Waals surface area contributed by atoms with Gasteiger partial charge in [-0.2, -0.15) is 0 Å². The Morgan fingerprint density at radius 2 is 1.86 bits per heavy atom. The Hall–Kier alpha value is -3.44. The topological polar surface area (TPSA) is 43.1 Å². The van der Waals surface area contributed by atoms with Crippen molar-refractivity contribution in [2.24, 2.45) is 0 Å². The van der Waals surface area contributed by atoms with Gasteiger partial charge in [-0.1, -0.05) is 42.0 Å². The third-order valence-corrected chi connectivity index (χ3v) is 7.90. The van der Waals surface area contributed by atoms with Crippen LogP contribution in [0.4, 0.5) is 0 Å². The van der Waals surface area contributed by atoms with Crippen molar-refractivity contribution in [3.05, 3.63) is 98.4 Å². The van der Waals surface area contributed by atoms with Crippen LogP contribution in [0.3, 0.4) is 0 Å². The van der Waals surface area contributed by atoms with Gasteiger partial charge in [0, 0.05) is 67.6 Å². The van der Waals surface area contributed by atoms with Gasteiger partial charge in [0.1, 0.15) is 5.82 Å². The van der Waals surface area contributed by atoms with Crippen molar-refractivity contribution < 1.29 is 0 Å². The first-order valence-electron chi connectivity index (χ1n) is 13.3. The van der Waals surface area contributed by atoms with E-state index >= 15 is 0 Å². The van der Waals surface area contributed by atoms with Gasteiger partial charge in [0.25, 0.3) is 5.56 Å². The molecular formula is C31H34N4O. The predicted octanol–water partition coefficient (Wildman–Crippen LogP) is 5.38. The van der Waals surface area contributed by atoms with Gasteiger partial charge in [-0.25, -0.2) is 4.98 Å². The highest BCUT2D eigenvalue weighted by molar-refractivity contribution is 5.89. The fourth-order valence-corrected chi connectivity index (χ4v) is 5.94. The molecule has 0 saturated carbocycles. The van der Waals surface area contributed by atoms with Gasteiger partial charge in [0.2, 0.25) is 0 Å². The molecule has 0 fully saturated rings. The third kappa shape index (κ3) is 4.22. The zero-order valence-corrected chi connectivity index (χ0v) is 21.3. The molecule has 0 amide bonds. The minimum atomic E-state index is 0.188. The highest BCUT2D eigenvalue weighted by Gasteiger charge is 2.24. The Labute approximate surface area is 212 Å². The Bertz CT molecular complexity index is 1510. The molecule has 0 spiro atoms. The molecule has 2 aliphatic rings. The number of aryl methyl sites for hydroxylation is 3. The van der Waals surface area contributed by atoms with Crippen molar-refractivity contribution in [3.63, 3.8) is 0 Å². The maximum absolute atomic E-state index is 13.2. The summed E-state index contributed by atoms with van der Waals surface area (Å²) in [7, 11) is 0. The minimum Gasteiger partial charge on any atom is -0.320 e. The third-order valence-electron chi connectivity index (χ3n) is 7.90. The van der Waals surface area contributed by atoms with E-state index in [9.17, 15) is 4.79 Å². The quantitative estimate of drug-likeness (QED) is 0.387. The summed E-state index contributed by atoms with van der Waals surface area (Å²) >= 11 is 0. The van der Waals surface area contributed by atoms with Crippen molar-refractivity contribution >= 4 is 23.2 Å². The highest BCUT2D eigenvalue weighted by Crippen LogP contribution is 2.32. The maximum Gasteiger partial charge on any atom is 0.256 e. The monoisotopic (exact) mass is 478 g/mol. The van der Waals surface area contributed by atoms with Gasteiger partial charge in [-0.15, -0.1) is 0 Å². The van der Waals surface area contributed by atoms with Gasteiger partial charge in [0.05, 0.1) is 5.52 Å². The average Bonchev–Trinajstić information content (AvgIpc) is 3.20. The fourth-order valence-electron chi connectivity index (χ4n) is 5.94. The van der Waals surface area contributed by atoms with E-state index in [4.69, 9.17) is 4.98 Å². The van der Waals surface area contributed by atoms with E-state index in [0.717, 1.165) is 75.4 Å². The SMILES string of the molecule is Cc1ccc2c(c1)c1c(n2/C=C/c2ccccc2)CCN(CCc2c(C)nc3n(c2=O)CCCC3)C1. The lowest BCUT2D eigenvalue weighted by Crippen LogP contribution is -2.36. The zero-order chi connectivity index (χ0) is 24.6. The van der Waals surface area contributed by atoms with Gasteiger partial charge >= 0.3 is 0 Å². The van der Waals surface area contributed by atoms with Crippen molar-refractivity contribution in [2.75, 3.05) is 13.1 Å². The summed E-state index contributed by atoms with van der Waals surface area (Å²) in [5, 5.41) is 1.35. The first kappa shape index (κ1) is 23.0. The Balaban J connectivity index is 1.28. The van der Waals surface area contributed by atoms with Crippen molar-refractivity contribution in [1.82, 2.24) is 19.0 Å². The summed E-state index contributed by atoms with van der Waals surface area (Å²) in [6.07, 6.45) is 9.33. The first-order valence-corrected chi connectivity index (χ1v) is 13.3. The number of nitrogens with zero attached hydrogens (tertiary/aromatic N) is 4. The van der Waals surface area contributed by atoms with Crippen LogP contribution in [0.5, 0.6) is 0 Å². The van der Waals surface area contributed by atoms with Gasteiger partial charge in [-0.05, 0) is 62.4 Å². The lowest BCUT2D eigenvalue weighted by atomic mass is 10.0. The molecule has 0 radical (unpaired) electrons. The Kier molecular flexibility index (Phi) is 6.10. The summed E-state index contributed by atoms with van der Waals surface area (Å²) in [6, 6.07) is 17.3. The number of fused-ring (bicyclic) bond motifs is 4. The second-order valence-corrected chi connectivity index (χ2v) is 10.3. The van der Waals surface area contributed by atoms with Crippen molar-refractivity contribution in [2.45, 2.75) is 59.0 Å². The molecule has 0 saturated heterocycles. The number of aromatic nitrogens is 3. The van der Waals surface area contributed by atoms with E-state index in [2.05, 4.69) is 77.2 Å². The average molecular weight is 479 g/mol. The number of rotatable bonds is 5. The van der Waals surface area contributed by atoms with Gasteiger partial charge in [0.15, 0.2) is 0 Å². The summed E-state index contributed by atoms with van der Waals surface area (Å²) in [5.74, 6) is 0.974. The number of benzene rings is 2. The van der Waals surface area contributed by atoms with Gasteiger partial charge < -0.3 is 4.57 Å². The number of hydrogen-bond acceptors (Lipinski definition) is 3. The van der Waals surface area contributed by atoms with E-state index in [1.54, 1.807) is 0 Å². The fraction of sp³-hybridized carbons (Fsp3) is 0.355. The van der Waals surface area contributed by atoms with Crippen LogP contribution >= 0.6 is 0 Å². The van der Waals surface area contributed by atoms with Crippen LogP contribution in [0.2, 0.25) is 0 Å². The Morgan fingerprint density at radius 1 is 1.00 bits per heavy atom. The molecule has 0 bridgehead atoms. The van der Waals surface area contributed by atoms with Crippen molar-refractivity contribution in [1.29, 1.82) is 0 Å². The van der Waals surface area contributed by atoms with Crippen LogP contribution in [0.15, 0.2) is 53.3 Å². The van der Waals surface area contributed by atoms with Crippen LogP contribution in [0.25, 0.3) is 23.2 Å².